The van der Waals surface area contributed by atoms with E-state index in [0.29, 0.717) is 22.9 Å². The number of alkyl carbamates (subject to hydrolysis) is 1. The summed E-state index contributed by atoms with van der Waals surface area (Å²) in [6, 6.07) is -0.939. The first-order chi connectivity index (χ1) is 18.0. The quantitative estimate of drug-likeness (QED) is 0.116. The zero-order valence-electron chi connectivity index (χ0n) is 23.9. The van der Waals surface area contributed by atoms with Gasteiger partial charge in [-0.25, -0.2) is 19.4 Å². The summed E-state index contributed by atoms with van der Waals surface area (Å²) < 4.78 is 16.0. The van der Waals surface area contributed by atoms with Gasteiger partial charge < -0.3 is 24.8 Å². The van der Waals surface area contributed by atoms with E-state index in [-0.39, 0.29) is 24.8 Å². The Morgan fingerprint density at radius 1 is 1.08 bits per heavy atom. The van der Waals surface area contributed by atoms with Gasteiger partial charge >= 0.3 is 18.0 Å². The minimum atomic E-state index is -0.939. The Kier molecular flexibility index (Phi) is 13.7. The highest BCUT2D eigenvalue weighted by Crippen LogP contribution is 2.15. The van der Waals surface area contributed by atoms with Crippen LogP contribution in [0, 0.1) is 5.92 Å². The van der Waals surface area contributed by atoms with Crippen LogP contribution in [0.5, 0.6) is 0 Å². The molecular formula is C27H40ClN3O7S. The average molecular weight is 586 g/mol. The number of carbonyl (C=O) groups excluding carboxylic acids is 4. The molecule has 0 aliphatic heterocycles. The van der Waals surface area contributed by atoms with E-state index in [9.17, 15) is 19.2 Å². The van der Waals surface area contributed by atoms with Crippen LogP contribution in [0.3, 0.4) is 0 Å². The fourth-order valence-corrected chi connectivity index (χ4v) is 3.64. The first kappa shape index (κ1) is 34.1. The number of hydrogen-bond acceptors (Lipinski definition) is 9. The zero-order valence-corrected chi connectivity index (χ0v) is 25.5. The second-order valence-electron chi connectivity index (χ2n) is 10.9. The smallest absolute Gasteiger partial charge is 0.408 e. The lowest BCUT2D eigenvalue weighted by atomic mass is 10.1. The monoisotopic (exact) mass is 585 g/mol. The fourth-order valence-electron chi connectivity index (χ4n) is 2.81. The summed E-state index contributed by atoms with van der Waals surface area (Å²) in [5.41, 5.74) is -0.773. The van der Waals surface area contributed by atoms with Crippen molar-refractivity contribution in [3.63, 3.8) is 0 Å². The number of carbonyl (C=O) groups is 4. The first-order valence-electron chi connectivity index (χ1n) is 12.6. The maximum atomic E-state index is 12.8. The topological polar surface area (TPSA) is 133 Å². The van der Waals surface area contributed by atoms with Crippen molar-refractivity contribution in [2.45, 2.75) is 85.6 Å². The van der Waals surface area contributed by atoms with Gasteiger partial charge in [0.05, 0.1) is 6.54 Å². The largest absolute Gasteiger partial charge is 0.459 e. The van der Waals surface area contributed by atoms with Crippen LogP contribution in [0.15, 0.2) is 29.2 Å². The highest BCUT2D eigenvalue weighted by atomic mass is 35.5. The van der Waals surface area contributed by atoms with Gasteiger partial charge in [-0.3, -0.25) is 4.79 Å². The molecular weight excluding hydrogens is 546 g/mol. The lowest BCUT2D eigenvalue weighted by Gasteiger charge is -2.24. The summed E-state index contributed by atoms with van der Waals surface area (Å²) >= 11 is 6.96. The Balaban J connectivity index is 2.83. The van der Waals surface area contributed by atoms with Crippen molar-refractivity contribution < 1.29 is 33.4 Å². The average Bonchev–Trinajstić information content (AvgIpc) is 3.26. The van der Waals surface area contributed by atoms with Crippen molar-refractivity contribution in [3.8, 4) is 0 Å². The third kappa shape index (κ3) is 14.7. The fraction of sp³-hybridized carbons (Fsp3) is 0.593. The lowest BCUT2D eigenvalue weighted by Crippen LogP contribution is -2.47. The van der Waals surface area contributed by atoms with E-state index in [1.54, 1.807) is 72.9 Å². The van der Waals surface area contributed by atoms with Gasteiger partial charge in [0, 0.05) is 17.3 Å². The Morgan fingerprint density at radius 2 is 1.72 bits per heavy atom. The standard InChI is InChI=1S/C27H40ClN3O7S/c1-17(2)22(31-25(35)38-27(6,7)8)24(34)36-15-18(11-9-10-12-28)13-20(32)29-14-21-30-19(16-39-21)23(33)37-26(3,4)5/h9,11,13,16-17,22H,10,12,14-15H2,1-8H3,(H,29,32)(H,31,35)/b11-9+,18-13-/t22-/m0/s1. The van der Waals surface area contributed by atoms with E-state index in [0.717, 1.165) is 0 Å². The second kappa shape index (κ2) is 15.6. The van der Waals surface area contributed by atoms with Gasteiger partial charge in [-0.1, -0.05) is 26.0 Å². The van der Waals surface area contributed by atoms with Crippen LogP contribution < -0.4 is 10.6 Å². The molecule has 0 saturated carbocycles. The predicted octanol–water partition coefficient (Wildman–Crippen LogP) is 4.92. The van der Waals surface area contributed by atoms with Crippen LogP contribution in [0.1, 0.15) is 77.3 Å². The molecule has 0 aliphatic carbocycles. The van der Waals surface area contributed by atoms with Crippen molar-refractivity contribution >= 4 is 46.9 Å². The number of thiazole rings is 1. The summed E-state index contributed by atoms with van der Waals surface area (Å²) in [5.74, 6) is -1.53. The van der Waals surface area contributed by atoms with Gasteiger partial charge in [-0.05, 0) is 59.5 Å². The number of rotatable bonds is 12. The van der Waals surface area contributed by atoms with Crippen molar-refractivity contribution in [1.29, 1.82) is 0 Å². The minimum Gasteiger partial charge on any atom is -0.459 e. The molecule has 0 unspecified atom stereocenters. The van der Waals surface area contributed by atoms with Gasteiger partial charge in [-0.15, -0.1) is 22.9 Å². The van der Waals surface area contributed by atoms with Gasteiger partial charge in [0.25, 0.3) is 0 Å². The van der Waals surface area contributed by atoms with Crippen molar-refractivity contribution in [2.24, 2.45) is 5.92 Å². The molecule has 1 aromatic heterocycles. The molecule has 0 aromatic carbocycles. The molecule has 2 N–H and O–H groups in total. The molecule has 39 heavy (non-hydrogen) atoms. The predicted molar refractivity (Wildman–Crippen MR) is 151 cm³/mol. The van der Waals surface area contributed by atoms with Crippen LogP contribution >= 0.6 is 22.9 Å². The highest BCUT2D eigenvalue weighted by Gasteiger charge is 2.28. The number of hydrogen-bond donors (Lipinski definition) is 2. The first-order valence-corrected chi connectivity index (χ1v) is 14.0. The summed E-state index contributed by atoms with van der Waals surface area (Å²) in [6.07, 6.45) is 4.52. The summed E-state index contributed by atoms with van der Waals surface area (Å²) in [4.78, 5) is 53.9. The minimum absolute atomic E-state index is 0.0937. The summed E-state index contributed by atoms with van der Waals surface area (Å²) in [7, 11) is 0. The summed E-state index contributed by atoms with van der Waals surface area (Å²) in [5, 5.41) is 7.34. The van der Waals surface area contributed by atoms with E-state index in [4.69, 9.17) is 25.8 Å². The molecule has 0 fully saturated rings. The van der Waals surface area contributed by atoms with E-state index < -0.39 is 41.2 Å². The Morgan fingerprint density at radius 3 is 2.28 bits per heavy atom. The van der Waals surface area contributed by atoms with Crippen LogP contribution in [0.2, 0.25) is 0 Å². The van der Waals surface area contributed by atoms with Crippen LogP contribution in [-0.4, -0.2) is 58.7 Å². The Bertz CT molecular complexity index is 1050. The number of alkyl halides is 1. The van der Waals surface area contributed by atoms with Crippen molar-refractivity contribution in [2.75, 3.05) is 12.5 Å². The SMILES string of the molecule is CC(C)[C@H](NC(=O)OC(C)(C)C)C(=O)OCC(=C\C(=O)NCc1nc(C(=O)OC(C)(C)C)cs1)/C=C/CCCl. The summed E-state index contributed by atoms with van der Waals surface area (Å²) in [6.45, 7) is 13.9. The molecule has 0 aliphatic rings. The van der Waals surface area contributed by atoms with Crippen LogP contribution in [0.4, 0.5) is 4.79 Å². The van der Waals surface area contributed by atoms with Gasteiger partial charge in [0.1, 0.15) is 28.9 Å². The molecule has 1 aromatic rings. The maximum Gasteiger partial charge on any atom is 0.408 e. The Hall–Kier alpha value is -2.92. The number of allylic oxidation sites excluding steroid dienone is 1. The number of esters is 2. The molecule has 1 rings (SSSR count). The normalized spacial score (nSPS) is 13.2. The second-order valence-corrected chi connectivity index (χ2v) is 12.2. The van der Waals surface area contributed by atoms with Gasteiger partial charge in [0.15, 0.2) is 5.69 Å². The van der Waals surface area contributed by atoms with E-state index in [1.165, 1.54) is 17.4 Å². The number of nitrogens with one attached hydrogen (secondary N) is 2. The van der Waals surface area contributed by atoms with Crippen molar-refractivity contribution in [3.05, 3.63) is 39.9 Å². The molecule has 10 nitrogen and oxygen atoms in total. The molecule has 2 amide bonds. The van der Waals surface area contributed by atoms with E-state index in [2.05, 4.69) is 15.6 Å². The highest BCUT2D eigenvalue weighted by molar-refractivity contribution is 7.09. The maximum absolute atomic E-state index is 12.8. The molecule has 0 saturated heterocycles. The third-order valence-corrected chi connectivity index (χ3v) is 5.54. The number of ether oxygens (including phenoxy) is 3. The van der Waals surface area contributed by atoms with Gasteiger partial charge in [-0.2, -0.15) is 0 Å². The molecule has 0 radical (unpaired) electrons. The van der Waals surface area contributed by atoms with Crippen LogP contribution in [-0.2, 0) is 30.3 Å². The number of halogens is 1. The molecule has 12 heteroatoms. The number of amides is 2. The van der Waals surface area contributed by atoms with E-state index >= 15 is 0 Å². The molecule has 218 valence electrons. The zero-order chi connectivity index (χ0) is 29.8. The van der Waals surface area contributed by atoms with Crippen LogP contribution in [0.25, 0.3) is 0 Å². The lowest BCUT2D eigenvalue weighted by molar-refractivity contribution is -0.146. The third-order valence-electron chi connectivity index (χ3n) is 4.47. The number of nitrogens with zero attached hydrogens (tertiary/aromatic N) is 1. The van der Waals surface area contributed by atoms with Crippen molar-refractivity contribution in [1.82, 2.24) is 15.6 Å². The molecule has 1 atom stereocenters. The van der Waals surface area contributed by atoms with Gasteiger partial charge in [0.2, 0.25) is 5.91 Å². The van der Waals surface area contributed by atoms with E-state index in [1.807, 2.05) is 0 Å². The number of aromatic nitrogens is 1. The molecule has 0 spiro atoms. The molecule has 1 heterocycles. The Labute approximate surface area is 239 Å². The molecule has 0 bridgehead atoms.